The number of rotatable bonds is 2. The van der Waals surface area contributed by atoms with E-state index in [1.165, 1.54) is 37.3 Å². The number of nitriles is 1. The summed E-state index contributed by atoms with van der Waals surface area (Å²) >= 11 is 0. The summed E-state index contributed by atoms with van der Waals surface area (Å²) in [7, 11) is 0. The van der Waals surface area contributed by atoms with Gasteiger partial charge in [-0.1, -0.05) is 12.1 Å². The van der Waals surface area contributed by atoms with Crippen molar-refractivity contribution in [1.29, 1.82) is 5.26 Å². The van der Waals surface area contributed by atoms with E-state index in [0.29, 0.717) is 16.5 Å². The molecule has 1 heterocycles. The molecular weight excluding hydrogens is 298 g/mol. The number of hydrogen-bond donors (Lipinski definition) is 0. The van der Waals surface area contributed by atoms with E-state index in [-0.39, 0.29) is 22.6 Å². The van der Waals surface area contributed by atoms with E-state index in [1.807, 2.05) is 6.07 Å². The molecule has 0 spiro atoms. The zero-order valence-corrected chi connectivity index (χ0v) is 12.1. The summed E-state index contributed by atoms with van der Waals surface area (Å²) in [4.78, 5) is 15.9. The molecule has 0 aliphatic rings. The molecule has 0 N–H and O–H groups in total. The molecule has 0 aliphatic carbocycles. The zero-order chi connectivity index (χ0) is 16.6. The van der Waals surface area contributed by atoms with Gasteiger partial charge in [-0.2, -0.15) is 5.26 Å². The minimum Gasteiger partial charge on any atom is -0.294 e. The summed E-state index contributed by atoms with van der Waals surface area (Å²) in [6.07, 6.45) is 0. The molecule has 5 heteroatoms. The predicted molar refractivity (Wildman–Crippen MR) is 81.8 cm³/mol. The molecule has 0 amide bonds. The average molecular weight is 308 g/mol. The monoisotopic (exact) mass is 308 g/mol. The van der Waals surface area contributed by atoms with Gasteiger partial charge in [0.25, 0.3) is 0 Å². The number of carbonyl (C=O) groups is 1. The number of fused-ring (bicyclic) bond motifs is 1. The third kappa shape index (κ3) is 2.67. The topological polar surface area (TPSA) is 53.8 Å². The van der Waals surface area contributed by atoms with Gasteiger partial charge in [0.15, 0.2) is 5.78 Å². The van der Waals surface area contributed by atoms with Gasteiger partial charge in [-0.05, 0) is 36.8 Å². The van der Waals surface area contributed by atoms with Crippen LogP contribution < -0.4 is 0 Å². The molecule has 0 atom stereocenters. The van der Waals surface area contributed by atoms with Crippen molar-refractivity contribution < 1.29 is 13.6 Å². The van der Waals surface area contributed by atoms with Gasteiger partial charge in [-0.15, -0.1) is 0 Å². The lowest BCUT2D eigenvalue weighted by molar-refractivity contribution is 0.101. The Kier molecular flexibility index (Phi) is 3.59. The van der Waals surface area contributed by atoms with E-state index in [9.17, 15) is 18.8 Å². The van der Waals surface area contributed by atoms with Crippen molar-refractivity contribution in [2.75, 3.05) is 0 Å². The average Bonchev–Trinajstić information content (AvgIpc) is 2.53. The number of pyridine rings is 1. The zero-order valence-electron chi connectivity index (χ0n) is 12.1. The Morgan fingerprint density at radius 2 is 1.78 bits per heavy atom. The van der Waals surface area contributed by atoms with E-state index in [4.69, 9.17) is 0 Å². The SMILES string of the molecule is CC(=O)c1cc(F)cc2nc(C#N)c(-c3ccc(F)cc3)cc12. The lowest BCUT2D eigenvalue weighted by atomic mass is 9.98. The van der Waals surface area contributed by atoms with Crippen LogP contribution in [-0.4, -0.2) is 10.8 Å². The first kappa shape index (κ1) is 14.8. The van der Waals surface area contributed by atoms with Gasteiger partial charge in [-0.3, -0.25) is 4.79 Å². The number of hydrogen-bond acceptors (Lipinski definition) is 3. The van der Waals surface area contributed by atoms with Crippen LogP contribution in [0, 0.1) is 23.0 Å². The molecule has 0 fully saturated rings. The van der Waals surface area contributed by atoms with Crippen molar-refractivity contribution in [2.45, 2.75) is 6.92 Å². The Bertz CT molecular complexity index is 973. The minimum absolute atomic E-state index is 0.0872. The number of nitrogens with zero attached hydrogens (tertiary/aromatic N) is 2. The Morgan fingerprint density at radius 1 is 1.09 bits per heavy atom. The molecule has 0 bridgehead atoms. The highest BCUT2D eigenvalue weighted by Gasteiger charge is 2.14. The van der Waals surface area contributed by atoms with E-state index >= 15 is 0 Å². The molecule has 0 saturated heterocycles. The summed E-state index contributed by atoms with van der Waals surface area (Å²) in [5, 5.41) is 9.75. The fourth-order valence-electron chi connectivity index (χ4n) is 2.47. The van der Waals surface area contributed by atoms with Crippen LogP contribution in [0.1, 0.15) is 23.0 Å². The van der Waals surface area contributed by atoms with Gasteiger partial charge >= 0.3 is 0 Å². The summed E-state index contributed by atoms with van der Waals surface area (Å²) in [6.45, 7) is 1.34. The molecule has 3 rings (SSSR count). The fraction of sp³-hybridized carbons (Fsp3) is 0.0556. The number of carbonyl (C=O) groups excluding carboxylic acids is 1. The van der Waals surface area contributed by atoms with Crippen LogP contribution in [0.2, 0.25) is 0 Å². The van der Waals surface area contributed by atoms with Crippen LogP contribution in [-0.2, 0) is 0 Å². The quantitative estimate of drug-likeness (QED) is 0.665. The van der Waals surface area contributed by atoms with Crippen LogP contribution in [0.25, 0.3) is 22.0 Å². The molecule has 0 aliphatic heterocycles. The standard InChI is InChI=1S/C18H10F2N2O/c1-10(23)14-6-13(20)7-17-16(14)8-15(18(9-21)22-17)11-2-4-12(19)5-3-11/h2-8H,1H3. The molecule has 23 heavy (non-hydrogen) atoms. The summed E-state index contributed by atoms with van der Waals surface area (Å²) < 4.78 is 26.7. The number of halogens is 2. The Morgan fingerprint density at radius 3 is 2.39 bits per heavy atom. The van der Waals surface area contributed by atoms with Gasteiger partial charge in [0, 0.05) is 22.6 Å². The second-order valence-electron chi connectivity index (χ2n) is 5.08. The van der Waals surface area contributed by atoms with Gasteiger partial charge in [0.1, 0.15) is 23.4 Å². The van der Waals surface area contributed by atoms with Crippen molar-refractivity contribution in [3.05, 3.63) is 65.4 Å². The van der Waals surface area contributed by atoms with Crippen LogP contribution in [0.15, 0.2) is 42.5 Å². The van der Waals surface area contributed by atoms with Crippen LogP contribution in [0.4, 0.5) is 8.78 Å². The lowest BCUT2D eigenvalue weighted by Gasteiger charge is -2.09. The van der Waals surface area contributed by atoms with E-state index in [1.54, 1.807) is 6.07 Å². The highest BCUT2D eigenvalue weighted by Crippen LogP contribution is 2.29. The smallest absolute Gasteiger partial charge is 0.160 e. The third-order valence-corrected chi connectivity index (χ3v) is 3.54. The van der Waals surface area contributed by atoms with E-state index in [0.717, 1.165) is 6.07 Å². The highest BCUT2D eigenvalue weighted by atomic mass is 19.1. The Labute approximate surface area is 130 Å². The van der Waals surface area contributed by atoms with Crippen molar-refractivity contribution >= 4 is 16.7 Å². The molecule has 0 saturated carbocycles. The van der Waals surface area contributed by atoms with Crippen molar-refractivity contribution in [3.8, 4) is 17.2 Å². The maximum absolute atomic E-state index is 13.6. The summed E-state index contributed by atoms with van der Waals surface area (Å²) in [5.41, 5.74) is 1.58. The predicted octanol–water partition coefficient (Wildman–Crippen LogP) is 4.25. The lowest BCUT2D eigenvalue weighted by Crippen LogP contribution is -1.99. The van der Waals surface area contributed by atoms with Crippen LogP contribution in [0.5, 0.6) is 0 Å². The van der Waals surface area contributed by atoms with E-state index in [2.05, 4.69) is 4.98 Å². The van der Waals surface area contributed by atoms with E-state index < -0.39 is 11.6 Å². The van der Waals surface area contributed by atoms with Crippen LogP contribution >= 0.6 is 0 Å². The second-order valence-corrected chi connectivity index (χ2v) is 5.08. The first-order chi connectivity index (χ1) is 11.0. The second kappa shape index (κ2) is 5.58. The molecule has 0 radical (unpaired) electrons. The normalized spacial score (nSPS) is 10.5. The fourth-order valence-corrected chi connectivity index (χ4v) is 2.47. The number of aromatic nitrogens is 1. The molecule has 112 valence electrons. The Hall–Kier alpha value is -3.13. The number of Topliss-reactive ketones (excluding diaryl/α,β-unsaturated/α-hetero) is 1. The van der Waals surface area contributed by atoms with Crippen molar-refractivity contribution in [1.82, 2.24) is 4.98 Å². The highest BCUT2D eigenvalue weighted by molar-refractivity contribution is 6.07. The molecule has 1 aromatic heterocycles. The third-order valence-electron chi connectivity index (χ3n) is 3.54. The number of benzene rings is 2. The molecule has 2 aromatic carbocycles. The summed E-state index contributed by atoms with van der Waals surface area (Å²) in [5.74, 6) is -1.29. The van der Waals surface area contributed by atoms with Gasteiger partial charge < -0.3 is 0 Å². The largest absolute Gasteiger partial charge is 0.294 e. The molecular formula is C18H10F2N2O. The van der Waals surface area contributed by atoms with Gasteiger partial charge in [0.05, 0.1) is 5.52 Å². The van der Waals surface area contributed by atoms with Gasteiger partial charge in [0.2, 0.25) is 0 Å². The maximum atomic E-state index is 13.6. The molecule has 3 nitrogen and oxygen atoms in total. The van der Waals surface area contributed by atoms with Crippen molar-refractivity contribution in [2.24, 2.45) is 0 Å². The number of ketones is 1. The summed E-state index contributed by atoms with van der Waals surface area (Å²) in [6, 6.07) is 11.5. The maximum Gasteiger partial charge on any atom is 0.160 e. The first-order valence-corrected chi connectivity index (χ1v) is 6.81. The van der Waals surface area contributed by atoms with Gasteiger partial charge in [-0.25, -0.2) is 13.8 Å². The Balaban J connectivity index is 2.36. The van der Waals surface area contributed by atoms with Crippen molar-refractivity contribution in [3.63, 3.8) is 0 Å². The molecule has 3 aromatic rings. The molecule has 0 unspecified atom stereocenters. The minimum atomic E-state index is -0.589. The first-order valence-electron chi connectivity index (χ1n) is 6.81. The van der Waals surface area contributed by atoms with Crippen LogP contribution in [0.3, 0.4) is 0 Å².